The summed E-state index contributed by atoms with van der Waals surface area (Å²) in [7, 11) is 1.27. The van der Waals surface area contributed by atoms with Crippen LogP contribution in [0.25, 0.3) is 0 Å². The summed E-state index contributed by atoms with van der Waals surface area (Å²) >= 11 is 0. The number of rotatable bonds is 4. The summed E-state index contributed by atoms with van der Waals surface area (Å²) in [5, 5.41) is 0. The molecule has 0 aliphatic heterocycles. The molecule has 0 saturated heterocycles. The fourth-order valence-corrected chi connectivity index (χ4v) is 2.12. The van der Waals surface area contributed by atoms with E-state index in [9.17, 15) is 18.4 Å². The molecule has 1 amide bonds. The van der Waals surface area contributed by atoms with Gasteiger partial charge < -0.3 is 9.64 Å². The zero-order chi connectivity index (χ0) is 17.0. The zero-order valence-electron chi connectivity index (χ0n) is 12.7. The summed E-state index contributed by atoms with van der Waals surface area (Å²) in [5.41, 5.74) is 0.901. The predicted octanol–water partition coefficient (Wildman–Crippen LogP) is 3.42. The highest BCUT2D eigenvalue weighted by atomic mass is 19.2. The molecule has 0 spiro atoms. The van der Waals surface area contributed by atoms with Crippen LogP contribution in [-0.4, -0.2) is 25.5 Å². The van der Waals surface area contributed by atoms with Crippen molar-refractivity contribution in [1.82, 2.24) is 0 Å². The van der Waals surface area contributed by atoms with Crippen molar-refractivity contribution in [1.29, 1.82) is 0 Å². The highest BCUT2D eigenvalue weighted by Gasteiger charge is 2.18. The van der Waals surface area contributed by atoms with Crippen molar-refractivity contribution < 1.29 is 23.1 Å². The van der Waals surface area contributed by atoms with E-state index >= 15 is 0 Å². The van der Waals surface area contributed by atoms with Gasteiger partial charge in [0.25, 0.3) is 5.91 Å². The fourth-order valence-electron chi connectivity index (χ4n) is 2.12. The average Bonchev–Trinajstić information content (AvgIpc) is 2.58. The van der Waals surface area contributed by atoms with E-state index in [0.717, 1.165) is 12.1 Å². The van der Waals surface area contributed by atoms with Crippen molar-refractivity contribution in [2.75, 3.05) is 18.6 Å². The first-order valence-electron chi connectivity index (χ1n) is 6.93. The van der Waals surface area contributed by atoms with Crippen molar-refractivity contribution in [2.45, 2.75) is 6.92 Å². The highest BCUT2D eigenvalue weighted by Crippen LogP contribution is 2.20. The van der Waals surface area contributed by atoms with Gasteiger partial charge in [-0.2, -0.15) is 0 Å². The zero-order valence-corrected chi connectivity index (χ0v) is 12.7. The lowest BCUT2D eigenvalue weighted by Crippen LogP contribution is -2.30. The number of halogens is 2. The van der Waals surface area contributed by atoms with Gasteiger partial charge in [0.1, 0.15) is 0 Å². The van der Waals surface area contributed by atoms with Crippen LogP contribution in [0, 0.1) is 11.6 Å². The first-order chi connectivity index (χ1) is 11.0. The van der Waals surface area contributed by atoms with E-state index in [1.807, 2.05) is 0 Å². The van der Waals surface area contributed by atoms with Crippen LogP contribution in [-0.2, 0) is 4.74 Å². The molecule has 0 N–H and O–H groups in total. The van der Waals surface area contributed by atoms with Gasteiger partial charge >= 0.3 is 5.97 Å². The third-order valence-electron chi connectivity index (χ3n) is 3.33. The number of esters is 1. The molecule has 0 aliphatic rings. The van der Waals surface area contributed by atoms with Crippen molar-refractivity contribution in [3.63, 3.8) is 0 Å². The van der Waals surface area contributed by atoms with Gasteiger partial charge in [-0.3, -0.25) is 4.79 Å². The fraction of sp³-hybridized carbons (Fsp3) is 0.176. The quantitative estimate of drug-likeness (QED) is 0.811. The Bertz CT molecular complexity index is 729. The molecule has 0 fully saturated rings. The Morgan fingerprint density at radius 1 is 1.00 bits per heavy atom. The molecule has 0 unspecified atom stereocenters. The molecule has 2 rings (SSSR count). The van der Waals surface area contributed by atoms with E-state index in [4.69, 9.17) is 0 Å². The average molecular weight is 319 g/mol. The topological polar surface area (TPSA) is 46.6 Å². The molecule has 4 nitrogen and oxygen atoms in total. The third kappa shape index (κ3) is 3.53. The van der Waals surface area contributed by atoms with Gasteiger partial charge in [-0.15, -0.1) is 0 Å². The summed E-state index contributed by atoms with van der Waals surface area (Å²) in [6, 6.07) is 9.19. The Morgan fingerprint density at radius 2 is 1.61 bits per heavy atom. The lowest BCUT2D eigenvalue weighted by molar-refractivity contribution is 0.0600. The van der Waals surface area contributed by atoms with Crippen LogP contribution in [0.3, 0.4) is 0 Å². The third-order valence-corrected chi connectivity index (χ3v) is 3.33. The Morgan fingerprint density at radius 3 is 2.13 bits per heavy atom. The van der Waals surface area contributed by atoms with Crippen LogP contribution in [0.1, 0.15) is 27.6 Å². The molecule has 0 heterocycles. The van der Waals surface area contributed by atoms with Gasteiger partial charge in [0.15, 0.2) is 11.6 Å². The second kappa shape index (κ2) is 7.00. The number of hydrogen-bond acceptors (Lipinski definition) is 3. The predicted molar refractivity (Wildman–Crippen MR) is 81.5 cm³/mol. The van der Waals surface area contributed by atoms with Crippen molar-refractivity contribution in [3.05, 3.63) is 65.2 Å². The van der Waals surface area contributed by atoms with Gasteiger partial charge in [0.2, 0.25) is 0 Å². The molecule has 6 heteroatoms. The molecule has 0 atom stereocenters. The van der Waals surface area contributed by atoms with Crippen molar-refractivity contribution >= 4 is 17.6 Å². The van der Waals surface area contributed by atoms with Gasteiger partial charge in [0, 0.05) is 23.9 Å². The smallest absolute Gasteiger partial charge is 0.337 e. The number of methoxy groups -OCH3 is 1. The molecule has 0 aromatic heterocycles. The minimum Gasteiger partial charge on any atom is -0.465 e. The van der Waals surface area contributed by atoms with Crippen molar-refractivity contribution in [2.24, 2.45) is 0 Å². The van der Waals surface area contributed by atoms with Crippen LogP contribution in [0.2, 0.25) is 0 Å². The lowest BCUT2D eigenvalue weighted by atomic mass is 10.1. The first-order valence-corrected chi connectivity index (χ1v) is 6.93. The monoisotopic (exact) mass is 319 g/mol. The molecule has 2 aromatic carbocycles. The van der Waals surface area contributed by atoms with E-state index in [1.165, 1.54) is 42.3 Å². The van der Waals surface area contributed by atoms with Gasteiger partial charge in [0.05, 0.1) is 12.7 Å². The number of carbonyl (C=O) groups excluding carboxylic acids is 2. The summed E-state index contributed by atoms with van der Waals surface area (Å²) in [6.45, 7) is 2.00. The maximum Gasteiger partial charge on any atom is 0.337 e. The largest absolute Gasteiger partial charge is 0.465 e. The van der Waals surface area contributed by atoms with Gasteiger partial charge in [-0.1, -0.05) is 0 Å². The number of hydrogen-bond donors (Lipinski definition) is 0. The Hall–Kier alpha value is -2.76. The van der Waals surface area contributed by atoms with Crippen LogP contribution in [0.15, 0.2) is 42.5 Å². The maximum atomic E-state index is 13.4. The number of ether oxygens (including phenoxy) is 1. The van der Waals surface area contributed by atoms with E-state index in [1.54, 1.807) is 6.92 Å². The second-order valence-corrected chi connectivity index (χ2v) is 4.72. The number of benzene rings is 2. The van der Waals surface area contributed by atoms with Crippen LogP contribution in [0.5, 0.6) is 0 Å². The van der Waals surface area contributed by atoms with Crippen molar-refractivity contribution in [3.8, 4) is 0 Å². The molecule has 0 radical (unpaired) electrons. The lowest BCUT2D eigenvalue weighted by Gasteiger charge is -2.21. The molecule has 2 aromatic rings. The number of nitrogens with zero attached hydrogens (tertiary/aromatic N) is 1. The standard InChI is InChI=1S/C17H15F2NO3/c1-3-20(13-8-9-14(18)15(19)10-13)16(21)11-4-6-12(7-5-11)17(22)23-2/h4-10H,3H2,1-2H3. The molecule has 0 bridgehead atoms. The normalized spacial score (nSPS) is 10.3. The number of carbonyl (C=O) groups is 2. The second-order valence-electron chi connectivity index (χ2n) is 4.72. The minimum absolute atomic E-state index is 0.258. The molecule has 120 valence electrons. The van der Waals surface area contributed by atoms with Gasteiger partial charge in [-0.05, 0) is 43.3 Å². The Labute approximate surface area is 132 Å². The molecular formula is C17H15F2NO3. The summed E-state index contributed by atoms with van der Waals surface area (Å²) in [6.07, 6.45) is 0. The maximum absolute atomic E-state index is 13.4. The van der Waals surface area contributed by atoms with Crippen LogP contribution in [0.4, 0.5) is 14.5 Å². The highest BCUT2D eigenvalue weighted by molar-refractivity contribution is 6.06. The van der Waals surface area contributed by atoms with E-state index < -0.39 is 17.6 Å². The minimum atomic E-state index is -1.02. The van der Waals surface area contributed by atoms with E-state index in [2.05, 4.69) is 4.74 Å². The number of amides is 1. The molecular weight excluding hydrogens is 304 g/mol. The molecule has 0 aliphatic carbocycles. The Kier molecular flexibility index (Phi) is 5.05. The summed E-state index contributed by atoms with van der Waals surface area (Å²) < 4.78 is 31.0. The number of anilines is 1. The molecule has 0 saturated carbocycles. The summed E-state index contributed by atoms with van der Waals surface area (Å²) in [5.74, 6) is -2.87. The van der Waals surface area contributed by atoms with E-state index in [-0.39, 0.29) is 18.1 Å². The summed E-state index contributed by atoms with van der Waals surface area (Å²) in [4.78, 5) is 25.2. The van der Waals surface area contributed by atoms with Crippen LogP contribution < -0.4 is 4.90 Å². The van der Waals surface area contributed by atoms with Gasteiger partial charge in [-0.25, -0.2) is 13.6 Å². The van der Waals surface area contributed by atoms with Crippen LogP contribution >= 0.6 is 0 Å². The first kappa shape index (κ1) is 16.6. The SMILES string of the molecule is CCN(C(=O)c1ccc(C(=O)OC)cc1)c1ccc(F)c(F)c1. The van der Waals surface area contributed by atoms with E-state index in [0.29, 0.717) is 11.1 Å². The Balaban J connectivity index is 2.29. The molecule has 23 heavy (non-hydrogen) atoms.